The third-order valence-corrected chi connectivity index (χ3v) is 2.52. The Hall–Kier alpha value is -1.43. The lowest BCUT2D eigenvalue weighted by Crippen LogP contribution is -2.16. The van der Waals surface area contributed by atoms with Crippen molar-refractivity contribution in [2.45, 2.75) is 6.92 Å². The smallest absolute Gasteiger partial charge is 0.316 e. The van der Waals surface area contributed by atoms with Crippen LogP contribution in [0, 0.1) is 0 Å². The fraction of sp³-hybridized carbons (Fsp3) is 0.333. The lowest BCUT2D eigenvalue weighted by Gasteiger charge is -2.08. The summed E-state index contributed by atoms with van der Waals surface area (Å²) in [5.74, 6) is -0.700. The predicted octanol–water partition coefficient (Wildman–Crippen LogP) is 0.806. The Balaban J connectivity index is 2.65. The van der Waals surface area contributed by atoms with Crippen LogP contribution in [0.5, 0.6) is 0 Å². The van der Waals surface area contributed by atoms with E-state index in [4.69, 9.17) is 0 Å². The van der Waals surface area contributed by atoms with Gasteiger partial charge in [-0.2, -0.15) is 4.99 Å². The molecule has 0 aromatic rings. The van der Waals surface area contributed by atoms with Crippen LogP contribution in [0.4, 0.5) is 0 Å². The molecular formula is C9H10N2O3S. The van der Waals surface area contributed by atoms with Gasteiger partial charge in [-0.3, -0.25) is 9.59 Å². The van der Waals surface area contributed by atoms with Crippen LogP contribution in [-0.2, 0) is 14.3 Å². The normalized spacial score (nSPS) is 15.9. The van der Waals surface area contributed by atoms with Crippen LogP contribution in [-0.4, -0.2) is 35.6 Å². The molecule has 0 aliphatic carbocycles. The van der Waals surface area contributed by atoms with E-state index in [1.165, 1.54) is 7.11 Å². The summed E-state index contributed by atoms with van der Waals surface area (Å²) < 4.78 is 4.45. The Morgan fingerprint density at radius 1 is 1.53 bits per heavy atom. The van der Waals surface area contributed by atoms with Crippen LogP contribution in [0.1, 0.15) is 6.92 Å². The minimum atomic E-state index is -0.408. The van der Waals surface area contributed by atoms with E-state index in [1.807, 2.05) is 0 Å². The van der Waals surface area contributed by atoms with Crippen molar-refractivity contribution in [1.29, 1.82) is 0 Å². The number of aliphatic imine (C=N–C) groups is 2. The van der Waals surface area contributed by atoms with Crippen molar-refractivity contribution in [3.63, 3.8) is 0 Å². The number of amidine groups is 1. The molecule has 0 saturated carbocycles. The van der Waals surface area contributed by atoms with E-state index in [1.54, 1.807) is 6.92 Å². The molecule has 6 heteroatoms. The highest BCUT2D eigenvalue weighted by Gasteiger charge is 2.17. The fourth-order valence-electron chi connectivity index (χ4n) is 0.792. The van der Waals surface area contributed by atoms with Gasteiger partial charge in [0, 0.05) is 0 Å². The second-order valence-electron chi connectivity index (χ2n) is 2.74. The molecular weight excluding hydrogens is 216 g/mol. The van der Waals surface area contributed by atoms with E-state index in [-0.39, 0.29) is 22.5 Å². The third kappa shape index (κ3) is 3.02. The summed E-state index contributed by atoms with van der Waals surface area (Å²) in [4.78, 5) is 29.8. The largest absolute Gasteiger partial charge is 0.468 e. The molecule has 1 aliphatic rings. The van der Waals surface area contributed by atoms with Gasteiger partial charge in [-0.25, -0.2) is 4.99 Å². The van der Waals surface area contributed by atoms with Gasteiger partial charge in [0.15, 0.2) is 5.17 Å². The van der Waals surface area contributed by atoms with Crippen molar-refractivity contribution in [3.8, 4) is 0 Å². The first-order chi connectivity index (χ1) is 7.04. The number of rotatable bonds is 2. The molecule has 0 aromatic heterocycles. The highest BCUT2D eigenvalue weighted by molar-refractivity contribution is 8.14. The first kappa shape index (κ1) is 11.6. The molecule has 80 valence electrons. The zero-order valence-corrected chi connectivity index (χ0v) is 9.26. The van der Waals surface area contributed by atoms with E-state index >= 15 is 0 Å². The molecule has 0 radical (unpaired) electrons. The Morgan fingerprint density at radius 3 is 2.73 bits per heavy atom. The zero-order valence-electron chi connectivity index (χ0n) is 8.44. The highest BCUT2D eigenvalue weighted by Crippen LogP contribution is 2.14. The van der Waals surface area contributed by atoms with Crippen molar-refractivity contribution in [3.05, 3.63) is 12.2 Å². The summed E-state index contributed by atoms with van der Waals surface area (Å²) in [5.41, 5.74) is 0.819. The van der Waals surface area contributed by atoms with E-state index in [0.717, 1.165) is 11.8 Å². The van der Waals surface area contributed by atoms with Crippen molar-refractivity contribution >= 4 is 34.5 Å². The summed E-state index contributed by atoms with van der Waals surface area (Å²) in [7, 11) is 1.30. The molecule has 15 heavy (non-hydrogen) atoms. The molecule has 0 aromatic carbocycles. The number of nitrogens with zero attached hydrogens (tertiary/aromatic N) is 2. The van der Waals surface area contributed by atoms with Gasteiger partial charge in [-0.15, -0.1) is 0 Å². The summed E-state index contributed by atoms with van der Waals surface area (Å²) >= 11 is 1.07. The molecule has 0 spiro atoms. The minimum Gasteiger partial charge on any atom is -0.468 e. The molecule has 0 atom stereocenters. The van der Waals surface area contributed by atoms with Gasteiger partial charge in [0.05, 0.1) is 24.1 Å². The maximum atomic E-state index is 11.2. The average Bonchev–Trinajstić information content (AvgIpc) is 2.22. The Bertz CT molecular complexity index is 385. The number of carbonyl (C=O) groups is 2. The van der Waals surface area contributed by atoms with Gasteiger partial charge in [-0.1, -0.05) is 18.3 Å². The van der Waals surface area contributed by atoms with Crippen LogP contribution >= 0.6 is 11.8 Å². The zero-order chi connectivity index (χ0) is 11.4. The predicted molar refractivity (Wildman–Crippen MR) is 59.2 cm³/mol. The van der Waals surface area contributed by atoms with Crippen LogP contribution in [0.15, 0.2) is 22.1 Å². The van der Waals surface area contributed by atoms with Crippen LogP contribution in [0.2, 0.25) is 0 Å². The number of ether oxygens (including phenoxy) is 1. The standard InChI is InChI=1S/C9H10N2O3S/c1-5-6(2)10-9(11-8(5)13)15-4-7(12)14-3/h1,4H2,2-3H3. The van der Waals surface area contributed by atoms with Crippen molar-refractivity contribution < 1.29 is 14.3 Å². The lowest BCUT2D eigenvalue weighted by atomic mass is 10.2. The van der Waals surface area contributed by atoms with E-state index < -0.39 is 5.91 Å². The maximum absolute atomic E-state index is 11.2. The molecule has 1 amide bonds. The topological polar surface area (TPSA) is 68.1 Å². The number of amides is 1. The molecule has 1 aliphatic heterocycles. The molecule has 0 unspecified atom stereocenters. The van der Waals surface area contributed by atoms with Crippen molar-refractivity contribution in [1.82, 2.24) is 0 Å². The highest BCUT2D eigenvalue weighted by atomic mass is 32.2. The summed E-state index contributed by atoms with van der Waals surface area (Å²) in [6.45, 7) is 5.21. The van der Waals surface area contributed by atoms with Crippen LogP contribution < -0.4 is 0 Å². The van der Waals surface area contributed by atoms with Gasteiger partial charge >= 0.3 is 5.97 Å². The van der Waals surface area contributed by atoms with Crippen LogP contribution in [0.25, 0.3) is 0 Å². The van der Waals surface area contributed by atoms with Gasteiger partial charge in [0.1, 0.15) is 0 Å². The van der Waals surface area contributed by atoms with E-state index in [9.17, 15) is 9.59 Å². The van der Waals surface area contributed by atoms with Crippen LogP contribution in [0.3, 0.4) is 0 Å². The monoisotopic (exact) mass is 226 g/mol. The minimum absolute atomic E-state index is 0.0892. The molecule has 1 rings (SSSR count). The third-order valence-electron chi connectivity index (χ3n) is 1.70. The van der Waals surface area contributed by atoms with Gasteiger partial charge < -0.3 is 4.74 Å². The Labute approximate surface area is 91.3 Å². The molecule has 0 saturated heterocycles. The summed E-state index contributed by atoms with van der Waals surface area (Å²) in [6.07, 6.45) is 0. The first-order valence-corrected chi connectivity index (χ1v) is 5.10. The van der Waals surface area contributed by atoms with Gasteiger partial charge in [0.25, 0.3) is 5.91 Å². The first-order valence-electron chi connectivity index (χ1n) is 4.11. The number of methoxy groups -OCH3 is 1. The molecule has 0 fully saturated rings. The van der Waals surface area contributed by atoms with Gasteiger partial charge in [0.2, 0.25) is 0 Å². The number of esters is 1. The molecule has 0 bridgehead atoms. The average molecular weight is 226 g/mol. The van der Waals surface area contributed by atoms with E-state index in [0.29, 0.717) is 5.71 Å². The maximum Gasteiger partial charge on any atom is 0.316 e. The Morgan fingerprint density at radius 2 is 2.20 bits per heavy atom. The van der Waals surface area contributed by atoms with Crippen molar-refractivity contribution in [2.24, 2.45) is 9.98 Å². The van der Waals surface area contributed by atoms with E-state index in [2.05, 4.69) is 21.3 Å². The number of thioether (sulfide) groups is 1. The second kappa shape index (κ2) is 4.88. The quantitative estimate of drug-likeness (QED) is 0.516. The SMILES string of the molecule is C=C1C(=O)N=C(SCC(=O)OC)N=C1C. The Kier molecular flexibility index (Phi) is 3.79. The summed E-state index contributed by atoms with van der Waals surface area (Å²) in [5, 5.41) is 0.273. The van der Waals surface area contributed by atoms with Gasteiger partial charge in [-0.05, 0) is 6.92 Å². The summed E-state index contributed by atoms with van der Waals surface area (Å²) in [6, 6.07) is 0. The number of hydrogen-bond acceptors (Lipinski definition) is 5. The van der Waals surface area contributed by atoms with Crippen molar-refractivity contribution in [2.75, 3.05) is 12.9 Å². The number of carbonyl (C=O) groups excluding carboxylic acids is 2. The lowest BCUT2D eigenvalue weighted by molar-refractivity contribution is -0.137. The fourth-order valence-corrected chi connectivity index (χ4v) is 1.51. The number of hydrogen-bond donors (Lipinski definition) is 0. The molecule has 1 heterocycles. The second-order valence-corrected chi connectivity index (χ2v) is 3.68. The molecule has 0 N–H and O–H groups in total. The molecule has 5 nitrogen and oxygen atoms in total.